The zero-order valence-corrected chi connectivity index (χ0v) is 11.4. The zero-order chi connectivity index (χ0) is 14.7. The third-order valence-electron chi connectivity index (χ3n) is 2.32. The summed E-state index contributed by atoms with van der Waals surface area (Å²) in [5.41, 5.74) is -0.602. The third kappa shape index (κ3) is 3.06. The van der Waals surface area contributed by atoms with E-state index in [1.54, 1.807) is 24.3 Å². The van der Waals surface area contributed by atoms with Gasteiger partial charge >= 0.3 is 5.97 Å². The molecule has 1 aromatic carbocycles. The van der Waals surface area contributed by atoms with Crippen LogP contribution in [0.25, 0.3) is 0 Å². The van der Waals surface area contributed by atoms with Gasteiger partial charge in [0.15, 0.2) is 0 Å². The molecule has 0 radical (unpaired) electrons. The molecule has 0 spiro atoms. The van der Waals surface area contributed by atoms with Crippen molar-refractivity contribution < 1.29 is 14.8 Å². The minimum absolute atomic E-state index is 0.149. The second-order valence-electron chi connectivity index (χ2n) is 3.64. The molecule has 1 N–H and O–H groups in total. The Labute approximate surface area is 122 Å². The predicted molar refractivity (Wildman–Crippen MR) is 73.4 cm³/mol. The van der Waals surface area contributed by atoms with Gasteiger partial charge in [-0.15, -0.1) is 0 Å². The van der Waals surface area contributed by atoms with E-state index in [2.05, 4.69) is 4.98 Å². The number of carboxylic acids is 1. The Bertz CT molecular complexity index is 693. The molecule has 0 aliphatic rings. The second-order valence-corrected chi connectivity index (χ2v) is 5.08. The lowest BCUT2D eigenvalue weighted by atomic mass is 10.3. The first-order valence-corrected chi connectivity index (χ1v) is 6.48. The Morgan fingerprint density at radius 3 is 2.70 bits per heavy atom. The van der Waals surface area contributed by atoms with Crippen LogP contribution in [-0.2, 0) is 0 Å². The van der Waals surface area contributed by atoms with Crippen molar-refractivity contribution in [3.63, 3.8) is 0 Å². The van der Waals surface area contributed by atoms with Crippen molar-refractivity contribution in [2.24, 2.45) is 0 Å². The molecule has 0 saturated heterocycles. The number of carbonyl (C=O) groups is 1. The molecule has 0 aliphatic heterocycles. The molecule has 0 amide bonds. The molecular weight excluding hydrogens is 304 g/mol. The first-order valence-electron chi connectivity index (χ1n) is 5.29. The van der Waals surface area contributed by atoms with Gasteiger partial charge in [-0.2, -0.15) is 0 Å². The standard InChI is InChI=1S/C12H7ClN2O4S/c13-9-3-1-2-4-10(9)20-11-8(12(16)17)5-7(6-14-11)15(18)19/h1-6H,(H,16,17). The van der Waals surface area contributed by atoms with Crippen LogP contribution in [0.3, 0.4) is 0 Å². The lowest BCUT2D eigenvalue weighted by molar-refractivity contribution is -0.385. The van der Waals surface area contributed by atoms with Crippen LogP contribution in [0.4, 0.5) is 5.69 Å². The molecule has 8 heteroatoms. The smallest absolute Gasteiger partial charge is 0.338 e. The van der Waals surface area contributed by atoms with Gasteiger partial charge in [0.05, 0.1) is 15.5 Å². The topological polar surface area (TPSA) is 93.3 Å². The first-order chi connectivity index (χ1) is 9.49. The van der Waals surface area contributed by atoms with Crippen molar-refractivity contribution in [2.45, 2.75) is 9.92 Å². The summed E-state index contributed by atoms with van der Waals surface area (Å²) in [5, 5.41) is 20.4. The van der Waals surface area contributed by atoms with Crippen molar-refractivity contribution in [3.8, 4) is 0 Å². The number of nitro groups is 1. The molecule has 20 heavy (non-hydrogen) atoms. The van der Waals surface area contributed by atoms with Gasteiger partial charge in [-0.3, -0.25) is 10.1 Å². The maximum absolute atomic E-state index is 11.2. The summed E-state index contributed by atoms with van der Waals surface area (Å²) < 4.78 is 0. The quantitative estimate of drug-likeness (QED) is 0.686. The molecule has 0 aliphatic carbocycles. The van der Waals surface area contributed by atoms with Gasteiger partial charge < -0.3 is 5.11 Å². The van der Waals surface area contributed by atoms with Crippen LogP contribution in [0.2, 0.25) is 5.02 Å². The van der Waals surface area contributed by atoms with Gasteiger partial charge in [0.1, 0.15) is 11.2 Å². The van der Waals surface area contributed by atoms with Crippen LogP contribution in [0.15, 0.2) is 46.5 Å². The predicted octanol–water partition coefficient (Wildman–Crippen LogP) is 3.49. The number of rotatable bonds is 4. The van der Waals surface area contributed by atoms with Gasteiger partial charge in [-0.1, -0.05) is 35.5 Å². The van der Waals surface area contributed by atoms with Crippen LogP contribution in [0.1, 0.15) is 10.4 Å². The highest BCUT2D eigenvalue weighted by Gasteiger charge is 2.18. The number of benzene rings is 1. The first kappa shape index (κ1) is 14.3. The average molecular weight is 311 g/mol. The van der Waals surface area contributed by atoms with Crippen LogP contribution < -0.4 is 0 Å². The molecule has 6 nitrogen and oxygen atoms in total. The highest BCUT2D eigenvalue weighted by Crippen LogP contribution is 2.34. The lowest BCUT2D eigenvalue weighted by Gasteiger charge is -2.06. The summed E-state index contributed by atoms with van der Waals surface area (Å²) in [5.74, 6) is -1.28. The van der Waals surface area contributed by atoms with Gasteiger partial charge in [0.25, 0.3) is 5.69 Å². The third-order valence-corrected chi connectivity index (χ3v) is 3.86. The lowest BCUT2D eigenvalue weighted by Crippen LogP contribution is -2.02. The van der Waals surface area contributed by atoms with Crippen molar-refractivity contribution in [2.75, 3.05) is 0 Å². The highest BCUT2D eigenvalue weighted by atomic mass is 35.5. The number of carboxylic acid groups (broad SMARTS) is 1. The number of hydrogen-bond acceptors (Lipinski definition) is 5. The van der Waals surface area contributed by atoms with E-state index in [0.717, 1.165) is 24.0 Å². The van der Waals surface area contributed by atoms with E-state index in [0.29, 0.717) is 9.92 Å². The number of aromatic nitrogens is 1. The molecule has 0 saturated carbocycles. The second kappa shape index (κ2) is 5.89. The number of pyridine rings is 1. The van der Waals surface area contributed by atoms with Crippen molar-refractivity contribution in [3.05, 3.63) is 57.2 Å². The Hall–Kier alpha value is -2.12. The number of nitrogens with zero attached hydrogens (tertiary/aromatic N) is 2. The van der Waals surface area contributed by atoms with Gasteiger partial charge in [-0.05, 0) is 12.1 Å². The number of hydrogen-bond donors (Lipinski definition) is 1. The van der Waals surface area contributed by atoms with Gasteiger partial charge in [0, 0.05) is 11.0 Å². The van der Waals surface area contributed by atoms with E-state index in [4.69, 9.17) is 16.7 Å². The fourth-order valence-electron chi connectivity index (χ4n) is 1.41. The minimum atomic E-state index is -1.28. The van der Waals surface area contributed by atoms with Gasteiger partial charge in [-0.25, -0.2) is 9.78 Å². The molecule has 2 aromatic rings. The summed E-state index contributed by atoms with van der Waals surface area (Å²) >= 11 is 7.03. The van der Waals surface area contributed by atoms with E-state index in [1.807, 2.05) is 0 Å². The molecule has 0 atom stereocenters. The minimum Gasteiger partial charge on any atom is -0.478 e. The van der Waals surface area contributed by atoms with Crippen molar-refractivity contribution in [1.82, 2.24) is 4.98 Å². The summed E-state index contributed by atoms with van der Waals surface area (Å²) in [6.07, 6.45) is 1.02. The maximum Gasteiger partial charge on any atom is 0.338 e. The summed E-state index contributed by atoms with van der Waals surface area (Å²) in [6, 6.07) is 7.85. The zero-order valence-electron chi connectivity index (χ0n) is 9.82. The highest BCUT2D eigenvalue weighted by molar-refractivity contribution is 7.99. The summed E-state index contributed by atoms with van der Waals surface area (Å²) in [7, 11) is 0. The maximum atomic E-state index is 11.2. The Morgan fingerprint density at radius 2 is 2.10 bits per heavy atom. The summed E-state index contributed by atoms with van der Waals surface area (Å²) in [4.78, 5) is 25.6. The molecule has 1 aromatic heterocycles. The Morgan fingerprint density at radius 1 is 1.40 bits per heavy atom. The van der Waals surface area contributed by atoms with E-state index in [1.165, 1.54) is 0 Å². The van der Waals surface area contributed by atoms with Gasteiger partial charge in [0.2, 0.25) is 0 Å². The Kier molecular flexibility index (Phi) is 4.21. The molecule has 1 heterocycles. The fraction of sp³-hybridized carbons (Fsp3) is 0. The normalized spacial score (nSPS) is 10.2. The van der Waals surface area contributed by atoms with Crippen LogP contribution in [0.5, 0.6) is 0 Å². The Balaban J connectivity index is 2.44. The molecule has 0 fully saturated rings. The van der Waals surface area contributed by atoms with Crippen LogP contribution >= 0.6 is 23.4 Å². The monoisotopic (exact) mass is 310 g/mol. The SMILES string of the molecule is O=C(O)c1cc([N+](=O)[O-])cnc1Sc1ccccc1Cl. The van der Waals surface area contributed by atoms with E-state index in [-0.39, 0.29) is 16.3 Å². The number of halogens is 1. The largest absolute Gasteiger partial charge is 0.478 e. The number of aromatic carboxylic acids is 1. The van der Waals surface area contributed by atoms with Crippen LogP contribution in [0, 0.1) is 10.1 Å². The molecule has 0 bridgehead atoms. The fourth-order valence-corrected chi connectivity index (χ4v) is 2.54. The van der Waals surface area contributed by atoms with E-state index in [9.17, 15) is 14.9 Å². The van der Waals surface area contributed by atoms with Crippen molar-refractivity contribution in [1.29, 1.82) is 0 Å². The van der Waals surface area contributed by atoms with E-state index >= 15 is 0 Å². The van der Waals surface area contributed by atoms with E-state index < -0.39 is 10.9 Å². The molecule has 0 unspecified atom stereocenters. The average Bonchev–Trinajstić information content (AvgIpc) is 2.41. The molecular formula is C12H7ClN2O4S. The summed E-state index contributed by atoms with van der Waals surface area (Å²) in [6.45, 7) is 0. The molecule has 102 valence electrons. The molecule has 2 rings (SSSR count). The van der Waals surface area contributed by atoms with Crippen molar-refractivity contribution >= 4 is 35.0 Å². The van der Waals surface area contributed by atoms with Crippen LogP contribution in [-0.4, -0.2) is 21.0 Å².